The van der Waals surface area contributed by atoms with E-state index < -0.39 is 11.8 Å². The second-order valence-electron chi connectivity index (χ2n) is 7.69. The Bertz CT molecular complexity index is 1270. The molecule has 5 rings (SSSR count). The van der Waals surface area contributed by atoms with Crippen LogP contribution in [0.3, 0.4) is 0 Å². The van der Waals surface area contributed by atoms with E-state index in [1.165, 1.54) is 4.90 Å². The monoisotopic (exact) mass is 409 g/mol. The van der Waals surface area contributed by atoms with Crippen LogP contribution in [0.4, 0.5) is 11.4 Å². The highest BCUT2D eigenvalue weighted by Crippen LogP contribution is 2.39. The molecule has 0 radical (unpaired) electrons. The number of carbonyl (C=O) groups excluding carboxylic acids is 3. The molecular weight excluding hydrogens is 390 g/mol. The Morgan fingerprint density at radius 1 is 1.03 bits per heavy atom. The molecule has 2 aliphatic rings. The highest BCUT2D eigenvalue weighted by Gasteiger charge is 2.49. The molecule has 1 aliphatic carbocycles. The van der Waals surface area contributed by atoms with E-state index in [4.69, 9.17) is 0 Å². The average molecular weight is 409 g/mol. The van der Waals surface area contributed by atoms with E-state index in [2.05, 4.69) is 16.9 Å². The van der Waals surface area contributed by atoms with Crippen molar-refractivity contribution in [3.8, 4) is 0 Å². The van der Waals surface area contributed by atoms with Gasteiger partial charge in [-0.3, -0.25) is 19.4 Å². The Kier molecular flexibility index (Phi) is 4.47. The molecule has 1 aliphatic heterocycles. The number of imide groups is 1. The largest absolute Gasteiger partial charge is 0.320 e. The number of nitrogens with zero attached hydrogens (tertiary/aromatic N) is 2. The van der Waals surface area contributed by atoms with Crippen LogP contribution in [0.1, 0.15) is 16.8 Å². The Morgan fingerprint density at radius 2 is 1.81 bits per heavy atom. The molecule has 2 unspecified atom stereocenters. The molecule has 0 saturated carbocycles. The van der Waals surface area contributed by atoms with Crippen LogP contribution in [0.5, 0.6) is 0 Å². The minimum atomic E-state index is -0.501. The van der Waals surface area contributed by atoms with Gasteiger partial charge in [-0.05, 0) is 48.4 Å². The molecule has 2 heterocycles. The van der Waals surface area contributed by atoms with Crippen LogP contribution in [-0.4, -0.2) is 22.7 Å². The van der Waals surface area contributed by atoms with Crippen LogP contribution in [0.25, 0.3) is 10.9 Å². The van der Waals surface area contributed by atoms with Gasteiger partial charge in [0.2, 0.25) is 11.8 Å². The number of hydrogen-bond donors (Lipinski definition) is 1. The predicted molar refractivity (Wildman–Crippen MR) is 119 cm³/mol. The van der Waals surface area contributed by atoms with E-state index in [9.17, 15) is 14.4 Å². The van der Waals surface area contributed by atoms with Gasteiger partial charge >= 0.3 is 0 Å². The molecule has 1 aromatic heterocycles. The Hall–Kier alpha value is -4.06. The first kappa shape index (κ1) is 18.9. The van der Waals surface area contributed by atoms with E-state index in [-0.39, 0.29) is 17.7 Å². The van der Waals surface area contributed by atoms with Crippen LogP contribution in [0.2, 0.25) is 0 Å². The van der Waals surface area contributed by atoms with Crippen molar-refractivity contribution < 1.29 is 14.4 Å². The second kappa shape index (κ2) is 7.32. The summed E-state index contributed by atoms with van der Waals surface area (Å²) >= 11 is 0. The van der Waals surface area contributed by atoms with Crippen LogP contribution < -0.4 is 10.2 Å². The third kappa shape index (κ3) is 3.13. The fourth-order valence-electron chi connectivity index (χ4n) is 4.27. The summed E-state index contributed by atoms with van der Waals surface area (Å²) < 4.78 is 0. The van der Waals surface area contributed by atoms with E-state index in [0.29, 0.717) is 34.4 Å². The Morgan fingerprint density at radius 3 is 2.58 bits per heavy atom. The van der Waals surface area contributed by atoms with Crippen LogP contribution in [0.15, 0.2) is 85.1 Å². The fourth-order valence-corrected chi connectivity index (χ4v) is 4.27. The molecule has 6 heteroatoms. The first-order valence-electron chi connectivity index (χ1n) is 10.0. The molecule has 0 bridgehead atoms. The van der Waals surface area contributed by atoms with Crippen molar-refractivity contribution in [3.05, 3.63) is 90.7 Å². The maximum Gasteiger partial charge on any atom is 0.255 e. The van der Waals surface area contributed by atoms with Gasteiger partial charge in [-0.1, -0.05) is 36.9 Å². The number of para-hydroxylation sites is 1. The number of amides is 3. The topological polar surface area (TPSA) is 79.4 Å². The SMILES string of the molecule is C=C1C=CCC2C(=O)N(c3ccc(C(=O)Nc4cccc5cccnc45)cc3)C(=O)C12. The number of benzene rings is 2. The number of pyridine rings is 1. The molecular formula is C25H19N3O3. The molecule has 0 spiro atoms. The zero-order valence-corrected chi connectivity index (χ0v) is 16.6. The van der Waals surface area contributed by atoms with Gasteiger partial charge in [0.05, 0.1) is 28.7 Å². The van der Waals surface area contributed by atoms with Gasteiger partial charge in [-0.15, -0.1) is 0 Å². The summed E-state index contributed by atoms with van der Waals surface area (Å²) in [6.07, 6.45) is 5.90. The zero-order chi connectivity index (χ0) is 21.5. The van der Waals surface area contributed by atoms with Gasteiger partial charge in [-0.2, -0.15) is 0 Å². The van der Waals surface area contributed by atoms with Gasteiger partial charge in [-0.25, -0.2) is 4.90 Å². The summed E-state index contributed by atoms with van der Waals surface area (Å²) in [7, 11) is 0. The first-order valence-corrected chi connectivity index (χ1v) is 10.0. The summed E-state index contributed by atoms with van der Waals surface area (Å²) in [5.41, 5.74) is 2.86. The lowest BCUT2D eigenvalue weighted by Crippen LogP contribution is -2.31. The maximum atomic E-state index is 12.9. The molecule has 2 atom stereocenters. The molecule has 6 nitrogen and oxygen atoms in total. The fraction of sp³-hybridized carbons (Fsp3) is 0.120. The van der Waals surface area contributed by atoms with E-state index in [1.807, 2.05) is 36.4 Å². The van der Waals surface area contributed by atoms with Crippen molar-refractivity contribution in [2.24, 2.45) is 11.8 Å². The molecule has 1 N–H and O–H groups in total. The lowest BCUT2D eigenvalue weighted by atomic mass is 9.82. The lowest BCUT2D eigenvalue weighted by Gasteiger charge is -2.17. The van der Waals surface area contributed by atoms with Gasteiger partial charge in [0.15, 0.2) is 0 Å². The van der Waals surface area contributed by atoms with Crippen molar-refractivity contribution in [3.63, 3.8) is 0 Å². The van der Waals surface area contributed by atoms with Gasteiger partial charge in [0, 0.05) is 17.1 Å². The van der Waals surface area contributed by atoms with Crippen molar-refractivity contribution in [2.45, 2.75) is 6.42 Å². The third-order valence-electron chi connectivity index (χ3n) is 5.82. The van der Waals surface area contributed by atoms with Gasteiger partial charge in [0.25, 0.3) is 5.91 Å². The number of rotatable bonds is 3. The Labute approximate surface area is 178 Å². The van der Waals surface area contributed by atoms with Crippen LogP contribution >= 0.6 is 0 Å². The molecule has 1 saturated heterocycles. The number of aromatic nitrogens is 1. The predicted octanol–water partition coefficient (Wildman–Crippen LogP) is 4.11. The standard InChI is InChI=1S/C25H19N3O3/c1-15-5-2-8-19-21(15)25(31)28(24(19)30)18-12-10-17(11-13-18)23(29)27-20-9-3-6-16-7-4-14-26-22(16)20/h2-7,9-14,19,21H,1,8H2,(H,27,29). The lowest BCUT2D eigenvalue weighted by molar-refractivity contribution is -0.122. The number of allylic oxidation sites excluding steroid dienone is 2. The van der Waals surface area contributed by atoms with Crippen LogP contribution in [-0.2, 0) is 9.59 Å². The molecule has 3 aromatic rings. The van der Waals surface area contributed by atoms with Crippen molar-refractivity contribution in [1.29, 1.82) is 0 Å². The summed E-state index contributed by atoms with van der Waals surface area (Å²) in [4.78, 5) is 44.0. The van der Waals surface area contributed by atoms with Gasteiger partial charge in [0.1, 0.15) is 0 Å². The number of carbonyl (C=O) groups is 3. The highest BCUT2D eigenvalue weighted by molar-refractivity contribution is 6.23. The molecule has 152 valence electrons. The molecule has 1 fully saturated rings. The number of hydrogen-bond acceptors (Lipinski definition) is 4. The highest BCUT2D eigenvalue weighted by atomic mass is 16.2. The minimum absolute atomic E-state index is 0.223. The normalized spacial score (nSPS) is 20.3. The second-order valence-corrected chi connectivity index (χ2v) is 7.69. The summed E-state index contributed by atoms with van der Waals surface area (Å²) in [6, 6.07) is 15.8. The smallest absolute Gasteiger partial charge is 0.255 e. The number of fused-ring (bicyclic) bond motifs is 2. The van der Waals surface area contributed by atoms with E-state index in [0.717, 1.165) is 5.39 Å². The Balaban J connectivity index is 1.38. The van der Waals surface area contributed by atoms with Crippen molar-refractivity contribution in [2.75, 3.05) is 10.2 Å². The summed E-state index contributed by atoms with van der Waals surface area (Å²) in [5.74, 6) is -1.68. The number of nitrogens with one attached hydrogen (secondary N) is 1. The molecule has 2 aromatic carbocycles. The van der Waals surface area contributed by atoms with E-state index in [1.54, 1.807) is 36.5 Å². The summed E-state index contributed by atoms with van der Waals surface area (Å²) in [6.45, 7) is 3.92. The molecule has 3 amide bonds. The van der Waals surface area contributed by atoms with Crippen molar-refractivity contribution in [1.82, 2.24) is 4.98 Å². The maximum absolute atomic E-state index is 12.9. The number of anilines is 2. The van der Waals surface area contributed by atoms with E-state index >= 15 is 0 Å². The zero-order valence-electron chi connectivity index (χ0n) is 16.6. The molecule has 31 heavy (non-hydrogen) atoms. The first-order chi connectivity index (χ1) is 15.0. The van der Waals surface area contributed by atoms with Gasteiger partial charge < -0.3 is 5.32 Å². The van der Waals surface area contributed by atoms with Crippen molar-refractivity contribution >= 4 is 40.0 Å². The average Bonchev–Trinajstić information content (AvgIpc) is 3.05. The minimum Gasteiger partial charge on any atom is -0.320 e. The third-order valence-corrected chi connectivity index (χ3v) is 5.82. The van der Waals surface area contributed by atoms with Crippen LogP contribution in [0, 0.1) is 11.8 Å². The quantitative estimate of drug-likeness (QED) is 0.661. The summed E-state index contributed by atoms with van der Waals surface area (Å²) in [5, 5.41) is 3.82.